The van der Waals surface area contributed by atoms with Gasteiger partial charge in [0.05, 0.1) is 24.4 Å². The van der Waals surface area contributed by atoms with Gasteiger partial charge in [0.2, 0.25) is 0 Å². The van der Waals surface area contributed by atoms with Crippen molar-refractivity contribution in [1.82, 2.24) is 0 Å². The summed E-state index contributed by atoms with van der Waals surface area (Å²) < 4.78 is 18.6. The molecule has 82 valence electrons. The Morgan fingerprint density at radius 1 is 1.47 bits per heavy atom. The van der Waals surface area contributed by atoms with Gasteiger partial charge in [0, 0.05) is 6.61 Å². The van der Waals surface area contributed by atoms with Crippen molar-refractivity contribution in [2.45, 2.75) is 12.0 Å². The average molecular weight is 211 g/mol. The highest BCUT2D eigenvalue weighted by molar-refractivity contribution is 5.47. The van der Waals surface area contributed by atoms with Crippen LogP contribution in [-0.4, -0.2) is 30.5 Å². The SMILES string of the molecule is OCC1(Nc2ccccc2F)CCOC1. The Hall–Kier alpha value is -1.13. The molecule has 1 aliphatic rings. The van der Waals surface area contributed by atoms with Gasteiger partial charge in [0.1, 0.15) is 5.82 Å². The standard InChI is InChI=1S/C11H14FNO2/c12-9-3-1-2-4-10(9)13-11(7-14)5-6-15-8-11/h1-4,13-14H,5-8H2. The van der Waals surface area contributed by atoms with Gasteiger partial charge < -0.3 is 15.2 Å². The van der Waals surface area contributed by atoms with E-state index in [1.807, 2.05) is 0 Å². The highest BCUT2D eigenvalue weighted by atomic mass is 19.1. The van der Waals surface area contributed by atoms with Gasteiger partial charge in [-0.1, -0.05) is 12.1 Å². The van der Waals surface area contributed by atoms with E-state index in [1.165, 1.54) is 6.07 Å². The fourth-order valence-electron chi connectivity index (χ4n) is 1.72. The first-order valence-corrected chi connectivity index (χ1v) is 4.97. The first-order valence-electron chi connectivity index (χ1n) is 4.97. The van der Waals surface area contributed by atoms with E-state index in [0.717, 1.165) is 0 Å². The first-order chi connectivity index (χ1) is 7.26. The summed E-state index contributed by atoms with van der Waals surface area (Å²) in [5.41, 5.74) is -0.112. The van der Waals surface area contributed by atoms with Gasteiger partial charge in [-0.05, 0) is 18.6 Å². The minimum Gasteiger partial charge on any atom is -0.394 e. The summed E-state index contributed by atoms with van der Waals surface area (Å²) in [6, 6.07) is 6.44. The van der Waals surface area contributed by atoms with Crippen LogP contribution in [0, 0.1) is 5.82 Å². The number of para-hydroxylation sites is 1. The molecule has 2 rings (SSSR count). The second-order valence-corrected chi connectivity index (χ2v) is 3.85. The molecule has 1 atom stereocenters. The van der Waals surface area contributed by atoms with Crippen LogP contribution in [0.1, 0.15) is 6.42 Å². The summed E-state index contributed by atoms with van der Waals surface area (Å²) in [7, 11) is 0. The largest absolute Gasteiger partial charge is 0.394 e. The van der Waals surface area contributed by atoms with Crippen LogP contribution in [-0.2, 0) is 4.74 Å². The zero-order valence-electron chi connectivity index (χ0n) is 8.37. The maximum Gasteiger partial charge on any atom is 0.146 e. The number of hydrogen-bond acceptors (Lipinski definition) is 3. The molecule has 3 nitrogen and oxygen atoms in total. The molecular weight excluding hydrogens is 197 g/mol. The number of ether oxygens (including phenoxy) is 1. The lowest BCUT2D eigenvalue weighted by atomic mass is 9.99. The molecule has 0 radical (unpaired) electrons. The van der Waals surface area contributed by atoms with E-state index in [-0.39, 0.29) is 12.4 Å². The normalized spacial score (nSPS) is 25.5. The number of hydrogen-bond donors (Lipinski definition) is 2. The first kappa shape index (κ1) is 10.4. The molecular formula is C11H14FNO2. The molecule has 0 bridgehead atoms. The van der Waals surface area contributed by atoms with Crippen LogP contribution in [0.4, 0.5) is 10.1 Å². The van der Waals surface area contributed by atoms with Crippen LogP contribution in [0.5, 0.6) is 0 Å². The van der Waals surface area contributed by atoms with E-state index in [2.05, 4.69) is 5.32 Å². The van der Waals surface area contributed by atoms with Gasteiger partial charge in [-0.2, -0.15) is 0 Å². The molecule has 1 unspecified atom stereocenters. The fourth-order valence-corrected chi connectivity index (χ4v) is 1.72. The van der Waals surface area contributed by atoms with E-state index in [4.69, 9.17) is 4.74 Å². The summed E-state index contributed by atoms with van der Waals surface area (Å²) in [6.45, 7) is 0.960. The van der Waals surface area contributed by atoms with Crippen LogP contribution >= 0.6 is 0 Å². The van der Waals surface area contributed by atoms with Crippen molar-refractivity contribution in [1.29, 1.82) is 0 Å². The Kier molecular flexibility index (Phi) is 2.88. The van der Waals surface area contributed by atoms with Crippen LogP contribution in [0.2, 0.25) is 0 Å². The van der Waals surface area contributed by atoms with Crippen molar-refractivity contribution in [2.75, 3.05) is 25.1 Å². The molecule has 1 aromatic rings. The predicted molar refractivity (Wildman–Crippen MR) is 55.3 cm³/mol. The average Bonchev–Trinajstić information content (AvgIpc) is 2.71. The second kappa shape index (κ2) is 4.16. The van der Waals surface area contributed by atoms with Gasteiger partial charge in [0.15, 0.2) is 0 Å². The number of aliphatic hydroxyl groups excluding tert-OH is 1. The summed E-state index contributed by atoms with van der Waals surface area (Å²) in [4.78, 5) is 0. The molecule has 1 fully saturated rings. The summed E-state index contributed by atoms with van der Waals surface area (Å²) in [5, 5.41) is 12.3. The summed E-state index contributed by atoms with van der Waals surface area (Å²) >= 11 is 0. The molecule has 0 aliphatic carbocycles. The highest BCUT2D eigenvalue weighted by Crippen LogP contribution is 2.25. The van der Waals surface area contributed by atoms with Crippen molar-refractivity contribution in [3.05, 3.63) is 30.1 Å². The lowest BCUT2D eigenvalue weighted by Gasteiger charge is -2.27. The maximum absolute atomic E-state index is 13.4. The van der Waals surface area contributed by atoms with Crippen molar-refractivity contribution >= 4 is 5.69 Å². The van der Waals surface area contributed by atoms with E-state index < -0.39 is 5.54 Å². The second-order valence-electron chi connectivity index (χ2n) is 3.85. The Labute approximate surface area is 87.9 Å². The van der Waals surface area contributed by atoms with E-state index in [1.54, 1.807) is 18.2 Å². The number of nitrogens with one attached hydrogen (secondary N) is 1. The Balaban J connectivity index is 2.16. The van der Waals surface area contributed by atoms with Crippen molar-refractivity contribution < 1.29 is 14.2 Å². The molecule has 1 saturated heterocycles. The maximum atomic E-state index is 13.4. The van der Waals surface area contributed by atoms with Crippen molar-refractivity contribution in [2.24, 2.45) is 0 Å². The fraction of sp³-hybridized carbons (Fsp3) is 0.455. The molecule has 1 aliphatic heterocycles. The van der Waals surface area contributed by atoms with E-state index >= 15 is 0 Å². The van der Waals surface area contributed by atoms with Crippen LogP contribution < -0.4 is 5.32 Å². The van der Waals surface area contributed by atoms with Crippen molar-refractivity contribution in [3.8, 4) is 0 Å². The third kappa shape index (κ3) is 2.11. The smallest absolute Gasteiger partial charge is 0.146 e. The third-order valence-corrected chi connectivity index (χ3v) is 2.68. The molecule has 0 aromatic heterocycles. The van der Waals surface area contributed by atoms with Gasteiger partial charge in [0.25, 0.3) is 0 Å². The number of rotatable bonds is 3. The Bertz CT molecular complexity index is 337. The molecule has 1 aromatic carbocycles. The molecule has 0 spiro atoms. The Morgan fingerprint density at radius 2 is 2.27 bits per heavy atom. The molecule has 0 amide bonds. The topological polar surface area (TPSA) is 41.5 Å². The number of aliphatic hydroxyl groups is 1. The molecule has 4 heteroatoms. The quantitative estimate of drug-likeness (QED) is 0.793. The number of halogens is 1. The van der Waals surface area contributed by atoms with Gasteiger partial charge in [-0.15, -0.1) is 0 Å². The highest BCUT2D eigenvalue weighted by Gasteiger charge is 2.34. The summed E-state index contributed by atoms with van der Waals surface area (Å²) in [6.07, 6.45) is 0.692. The molecule has 2 N–H and O–H groups in total. The lowest BCUT2D eigenvalue weighted by molar-refractivity contribution is 0.152. The van der Waals surface area contributed by atoms with Gasteiger partial charge in [-0.3, -0.25) is 0 Å². The van der Waals surface area contributed by atoms with E-state index in [9.17, 15) is 9.50 Å². The minimum absolute atomic E-state index is 0.0542. The predicted octanol–water partition coefficient (Wildman–Crippen LogP) is 1.39. The monoisotopic (exact) mass is 211 g/mol. The number of anilines is 1. The van der Waals surface area contributed by atoms with E-state index in [0.29, 0.717) is 25.3 Å². The summed E-state index contributed by atoms with van der Waals surface area (Å²) in [5.74, 6) is -0.308. The van der Waals surface area contributed by atoms with Gasteiger partial charge in [-0.25, -0.2) is 4.39 Å². The third-order valence-electron chi connectivity index (χ3n) is 2.68. The molecule has 1 heterocycles. The lowest BCUT2D eigenvalue weighted by Crippen LogP contribution is -2.42. The Morgan fingerprint density at radius 3 is 2.87 bits per heavy atom. The van der Waals surface area contributed by atoms with Crippen LogP contribution in [0.15, 0.2) is 24.3 Å². The minimum atomic E-state index is -0.526. The molecule has 0 saturated carbocycles. The van der Waals surface area contributed by atoms with Crippen LogP contribution in [0.3, 0.4) is 0 Å². The van der Waals surface area contributed by atoms with Crippen molar-refractivity contribution in [3.63, 3.8) is 0 Å². The zero-order valence-corrected chi connectivity index (χ0v) is 8.37. The zero-order chi connectivity index (χ0) is 10.7. The van der Waals surface area contributed by atoms with Crippen LogP contribution in [0.25, 0.3) is 0 Å². The number of benzene rings is 1. The molecule has 15 heavy (non-hydrogen) atoms. The van der Waals surface area contributed by atoms with Gasteiger partial charge >= 0.3 is 0 Å².